The lowest BCUT2D eigenvalue weighted by atomic mass is 10.2. The van der Waals surface area contributed by atoms with E-state index in [2.05, 4.69) is 0 Å². The number of hydrogen-bond donors (Lipinski definition) is 0. The first-order chi connectivity index (χ1) is 9.49. The molecule has 1 saturated heterocycles. The van der Waals surface area contributed by atoms with Gasteiger partial charge in [-0.3, -0.25) is 24.6 Å². The number of likely N-dealkylation sites (tertiary alicyclic amines) is 1. The second-order valence-electron chi connectivity index (χ2n) is 4.62. The third-order valence-electron chi connectivity index (χ3n) is 3.18. The number of nitrogens with zero attached hydrogens (tertiary/aromatic N) is 2. The lowest BCUT2D eigenvalue weighted by Gasteiger charge is -2.18. The van der Waals surface area contributed by atoms with Crippen LogP contribution in [0, 0.1) is 10.1 Å². The number of halogens is 1. The molecule has 2 amide bonds. The molecule has 0 aromatic heterocycles. The summed E-state index contributed by atoms with van der Waals surface area (Å²) in [5, 5.41) is 10.9. The maximum Gasteiger partial charge on any atom is 0.288 e. The van der Waals surface area contributed by atoms with Gasteiger partial charge in [0.2, 0.25) is 11.8 Å². The molecule has 2 rings (SSSR count). The average Bonchev–Trinajstić information content (AvgIpc) is 2.55. The fourth-order valence-electron chi connectivity index (χ4n) is 2.12. The maximum atomic E-state index is 11.9. The van der Waals surface area contributed by atoms with E-state index in [1.54, 1.807) is 6.07 Å². The fourth-order valence-corrected chi connectivity index (χ4v) is 2.30. The van der Waals surface area contributed by atoms with Crippen molar-refractivity contribution in [2.45, 2.75) is 32.2 Å². The fraction of sp³-hybridized carbons (Fsp3) is 0.385. The van der Waals surface area contributed by atoms with Crippen molar-refractivity contribution in [2.75, 3.05) is 0 Å². The second-order valence-corrected chi connectivity index (χ2v) is 5.03. The van der Waals surface area contributed by atoms with Crippen LogP contribution in [0.2, 0.25) is 5.02 Å². The number of benzene rings is 1. The van der Waals surface area contributed by atoms with Crippen molar-refractivity contribution < 1.29 is 14.5 Å². The second kappa shape index (κ2) is 6.00. The van der Waals surface area contributed by atoms with Crippen molar-refractivity contribution >= 4 is 29.1 Å². The molecular weight excluding hydrogens is 284 g/mol. The standard InChI is InChI=1S/C13H13ClN2O4/c14-10-6-5-9(7-11(10)16(19)20)8-15-12(17)3-1-2-4-13(15)18/h5-7H,1-4,8H2. The highest BCUT2D eigenvalue weighted by atomic mass is 35.5. The molecule has 106 valence electrons. The average molecular weight is 297 g/mol. The first-order valence-corrected chi connectivity index (χ1v) is 6.63. The van der Waals surface area contributed by atoms with Crippen molar-refractivity contribution in [3.8, 4) is 0 Å². The van der Waals surface area contributed by atoms with Crippen molar-refractivity contribution in [1.29, 1.82) is 0 Å². The Morgan fingerprint density at radius 3 is 2.35 bits per heavy atom. The highest BCUT2D eigenvalue weighted by Crippen LogP contribution is 2.26. The summed E-state index contributed by atoms with van der Waals surface area (Å²) in [6.45, 7) is 0.0513. The smallest absolute Gasteiger partial charge is 0.278 e. The van der Waals surface area contributed by atoms with Crippen LogP contribution in [0.4, 0.5) is 5.69 Å². The number of rotatable bonds is 3. The Kier molecular flexibility index (Phi) is 4.34. The predicted molar refractivity (Wildman–Crippen MR) is 72.1 cm³/mol. The van der Waals surface area contributed by atoms with Gasteiger partial charge < -0.3 is 0 Å². The van der Waals surface area contributed by atoms with Gasteiger partial charge in [0.25, 0.3) is 5.69 Å². The summed E-state index contributed by atoms with van der Waals surface area (Å²) in [4.78, 5) is 35.1. The zero-order valence-electron chi connectivity index (χ0n) is 10.7. The quantitative estimate of drug-likeness (QED) is 0.488. The lowest BCUT2D eigenvalue weighted by Crippen LogP contribution is -2.34. The Labute approximate surface area is 120 Å². The third-order valence-corrected chi connectivity index (χ3v) is 3.50. The molecule has 20 heavy (non-hydrogen) atoms. The van der Waals surface area contributed by atoms with Crippen LogP contribution in [-0.2, 0) is 16.1 Å². The minimum absolute atomic E-state index is 0.0345. The monoisotopic (exact) mass is 296 g/mol. The van der Waals surface area contributed by atoms with E-state index in [-0.39, 0.29) is 29.1 Å². The van der Waals surface area contributed by atoms with E-state index in [4.69, 9.17) is 11.6 Å². The van der Waals surface area contributed by atoms with Crippen molar-refractivity contribution in [3.63, 3.8) is 0 Å². The number of imide groups is 1. The summed E-state index contributed by atoms with van der Waals surface area (Å²) < 4.78 is 0. The Morgan fingerprint density at radius 2 is 1.80 bits per heavy atom. The van der Waals surface area contributed by atoms with Crippen LogP contribution in [0.3, 0.4) is 0 Å². The topological polar surface area (TPSA) is 80.5 Å². The minimum Gasteiger partial charge on any atom is -0.278 e. The van der Waals surface area contributed by atoms with Gasteiger partial charge in [0.05, 0.1) is 11.5 Å². The number of nitro groups is 1. The van der Waals surface area contributed by atoms with Gasteiger partial charge in [0, 0.05) is 18.9 Å². The normalized spacial score (nSPS) is 16.1. The minimum atomic E-state index is -0.585. The highest BCUT2D eigenvalue weighted by Gasteiger charge is 2.25. The van der Waals surface area contributed by atoms with Crippen molar-refractivity contribution in [3.05, 3.63) is 38.9 Å². The Bertz CT molecular complexity index is 555. The van der Waals surface area contributed by atoms with Gasteiger partial charge in [-0.15, -0.1) is 0 Å². The Hall–Kier alpha value is -1.95. The van der Waals surface area contributed by atoms with Gasteiger partial charge in [-0.25, -0.2) is 0 Å². The van der Waals surface area contributed by atoms with Gasteiger partial charge in [-0.2, -0.15) is 0 Å². The highest BCUT2D eigenvalue weighted by molar-refractivity contribution is 6.32. The zero-order chi connectivity index (χ0) is 14.7. The molecule has 0 atom stereocenters. The van der Waals surface area contributed by atoms with Gasteiger partial charge in [-0.05, 0) is 24.5 Å². The molecule has 0 saturated carbocycles. The largest absolute Gasteiger partial charge is 0.288 e. The van der Waals surface area contributed by atoms with Crippen LogP contribution < -0.4 is 0 Å². The van der Waals surface area contributed by atoms with Crippen LogP contribution in [0.5, 0.6) is 0 Å². The summed E-state index contributed by atoms with van der Waals surface area (Å²) in [6.07, 6.45) is 2.06. The molecule has 0 N–H and O–H groups in total. The molecule has 1 aliphatic heterocycles. The Morgan fingerprint density at radius 1 is 1.20 bits per heavy atom. The molecule has 1 aromatic rings. The van der Waals surface area contributed by atoms with E-state index in [0.29, 0.717) is 31.2 Å². The first kappa shape index (κ1) is 14.5. The number of hydrogen-bond acceptors (Lipinski definition) is 4. The number of nitro benzene ring substituents is 1. The van der Waals surface area contributed by atoms with E-state index in [0.717, 1.165) is 0 Å². The van der Waals surface area contributed by atoms with E-state index >= 15 is 0 Å². The summed E-state index contributed by atoms with van der Waals surface area (Å²) in [6, 6.07) is 4.29. The molecule has 0 radical (unpaired) electrons. The molecule has 1 fully saturated rings. The van der Waals surface area contributed by atoms with E-state index < -0.39 is 4.92 Å². The van der Waals surface area contributed by atoms with E-state index in [1.807, 2.05) is 0 Å². The SMILES string of the molecule is O=C1CCCCC(=O)N1Cc1ccc(Cl)c([N+](=O)[O-])c1. The maximum absolute atomic E-state index is 11.9. The first-order valence-electron chi connectivity index (χ1n) is 6.25. The molecular formula is C13H13ClN2O4. The van der Waals surface area contributed by atoms with Crippen LogP contribution in [0.25, 0.3) is 0 Å². The summed E-state index contributed by atoms with van der Waals surface area (Å²) in [7, 11) is 0. The lowest BCUT2D eigenvalue weighted by molar-refractivity contribution is -0.384. The van der Waals surface area contributed by atoms with Gasteiger partial charge in [-0.1, -0.05) is 17.7 Å². The van der Waals surface area contributed by atoms with Gasteiger partial charge >= 0.3 is 0 Å². The molecule has 1 aliphatic rings. The summed E-state index contributed by atoms with van der Waals surface area (Å²) in [5.41, 5.74) is 0.295. The van der Waals surface area contributed by atoms with Crippen LogP contribution >= 0.6 is 11.6 Å². The van der Waals surface area contributed by atoms with Crippen LogP contribution in [0.1, 0.15) is 31.2 Å². The molecule has 0 unspecified atom stereocenters. The summed E-state index contributed by atoms with van der Waals surface area (Å²) >= 11 is 5.73. The molecule has 0 bridgehead atoms. The van der Waals surface area contributed by atoms with Gasteiger partial charge in [0.1, 0.15) is 5.02 Å². The predicted octanol–water partition coefficient (Wildman–Crippen LogP) is 2.68. The van der Waals surface area contributed by atoms with Gasteiger partial charge in [0.15, 0.2) is 0 Å². The zero-order valence-corrected chi connectivity index (χ0v) is 11.4. The third kappa shape index (κ3) is 3.14. The van der Waals surface area contributed by atoms with E-state index in [9.17, 15) is 19.7 Å². The van der Waals surface area contributed by atoms with Crippen LogP contribution in [-0.4, -0.2) is 21.6 Å². The summed E-state index contributed by atoms with van der Waals surface area (Å²) in [5.74, 6) is -0.463. The molecule has 7 heteroatoms. The molecule has 1 heterocycles. The molecule has 0 aliphatic carbocycles. The van der Waals surface area contributed by atoms with E-state index in [1.165, 1.54) is 17.0 Å². The van der Waals surface area contributed by atoms with Crippen molar-refractivity contribution in [1.82, 2.24) is 4.90 Å². The Balaban J connectivity index is 2.24. The van der Waals surface area contributed by atoms with Crippen LogP contribution in [0.15, 0.2) is 18.2 Å². The number of amides is 2. The number of carbonyl (C=O) groups excluding carboxylic acids is 2. The molecule has 0 spiro atoms. The molecule has 1 aromatic carbocycles. The van der Waals surface area contributed by atoms with Crippen molar-refractivity contribution in [2.24, 2.45) is 0 Å². The molecule has 6 nitrogen and oxygen atoms in total. The number of carbonyl (C=O) groups is 2.